The van der Waals surface area contributed by atoms with Gasteiger partial charge in [0.1, 0.15) is 12.1 Å². The number of aromatic nitrogens is 2. The van der Waals surface area contributed by atoms with Crippen molar-refractivity contribution in [2.75, 3.05) is 0 Å². The minimum atomic E-state index is -0.808. The summed E-state index contributed by atoms with van der Waals surface area (Å²) < 4.78 is 1.71. The molecule has 0 saturated carbocycles. The zero-order valence-electron chi connectivity index (χ0n) is 12.0. The van der Waals surface area contributed by atoms with Crippen LogP contribution in [0.25, 0.3) is 5.57 Å². The zero-order chi connectivity index (χ0) is 14.9. The van der Waals surface area contributed by atoms with Crippen LogP contribution >= 0.6 is 0 Å². The summed E-state index contributed by atoms with van der Waals surface area (Å²) in [5.41, 5.74) is 2.68. The van der Waals surface area contributed by atoms with Crippen molar-refractivity contribution in [1.82, 2.24) is 9.78 Å². The van der Waals surface area contributed by atoms with Crippen molar-refractivity contribution in [3.05, 3.63) is 23.5 Å². The fourth-order valence-electron chi connectivity index (χ4n) is 2.92. The van der Waals surface area contributed by atoms with Crippen LogP contribution in [0, 0.1) is 18.8 Å². The number of ketones is 1. The zero-order valence-corrected chi connectivity index (χ0v) is 12.0. The van der Waals surface area contributed by atoms with E-state index >= 15 is 0 Å². The minimum Gasteiger partial charge on any atom is -0.392 e. The fraction of sp³-hybridized carbons (Fsp3) is 0.533. The summed E-state index contributed by atoms with van der Waals surface area (Å²) in [7, 11) is 1.83. The number of aldehydes is 1. The highest BCUT2D eigenvalue weighted by Gasteiger charge is 2.36. The van der Waals surface area contributed by atoms with Gasteiger partial charge in [0.25, 0.3) is 0 Å². The van der Waals surface area contributed by atoms with Crippen molar-refractivity contribution in [3.63, 3.8) is 0 Å². The number of rotatable bonds is 4. The van der Waals surface area contributed by atoms with Crippen LogP contribution in [0.4, 0.5) is 0 Å². The van der Waals surface area contributed by atoms with E-state index in [4.69, 9.17) is 0 Å². The third kappa shape index (κ3) is 2.58. The Bertz CT molecular complexity index is 559. The molecule has 0 aliphatic heterocycles. The normalized spacial score (nSPS) is 26.2. The van der Waals surface area contributed by atoms with Crippen molar-refractivity contribution in [3.8, 4) is 0 Å². The number of aliphatic hydroxyl groups excluding tert-OH is 1. The second kappa shape index (κ2) is 5.71. The van der Waals surface area contributed by atoms with E-state index in [2.05, 4.69) is 5.10 Å². The molecule has 1 N–H and O–H groups in total. The SMILES string of the molecule is CCC(=O)C1C(C=O)C=C(c2cn(C)nc2C)CC1O. The van der Waals surface area contributed by atoms with E-state index in [-0.39, 0.29) is 5.78 Å². The first-order valence-electron chi connectivity index (χ1n) is 6.85. The molecule has 0 amide bonds. The summed E-state index contributed by atoms with van der Waals surface area (Å²) in [6.07, 6.45) is 4.35. The molecular formula is C15H20N2O3. The smallest absolute Gasteiger partial charge is 0.139 e. The summed E-state index contributed by atoms with van der Waals surface area (Å²) >= 11 is 0. The van der Waals surface area contributed by atoms with Crippen molar-refractivity contribution >= 4 is 17.6 Å². The number of nitrogens with zero attached hydrogens (tertiary/aromatic N) is 2. The molecule has 0 spiro atoms. The maximum absolute atomic E-state index is 11.9. The van der Waals surface area contributed by atoms with Crippen molar-refractivity contribution in [1.29, 1.82) is 0 Å². The summed E-state index contributed by atoms with van der Waals surface area (Å²) in [6, 6.07) is 0. The third-order valence-corrected chi connectivity index (χ3v) is 3.89. The molecule has 108 valence electrons. The molecule has 20 heavy (non-hydrogen) atoms. The third-order valence-electron chi connectivity index (χ3n) is 3.89. The molecule has 1 aliphatic rings. The van der Waals surface area contributed by atoms with Crippen LogP contribution < -0.4 is 0 Å². The van der Waals surface area contributed by atoms with E-state index in [1.54, 1.807) is 11.6 Å². The van der Waals surface area contributed by atoms with Gasteiger partial charge in [-0.15, -0.1) is 0 Å². The van der Waals surface area contributed by atoms with Gasteiger partial charge in [0.2, 0.25) is 0 Å². The Morgan fingerprint density at radius 2 is 2.30 bits per heavy atom. The van der Waals surface area contributed by atoms with Crippen LogP contribution in [-0.2, 0) is 16.6 Å². The summed E-state index contributed by atoms with van der Waals surface area (Å²) in [4.78, 5) is 23.2. The lowest BCUT2D eigenvalue weighted by molar-refractivity contribution is -0.131. The standard InChI is InChI=1S/C15H20N2O3/c1-4-13(19)15-11(8-18)5-10(6-14(15)20)12-7-17(3)16-9(12)2/h5,7-8,11,14-15,20H,4,6H2,1-3H3. The lowest BCUT2D eigenvalue weighted by Gasteiger charge is -2.30. The maximum atomic E-state index is 11.9. The molecule has 0 radical (unpaired) electrons. The second-order valence-electron chi connectivity index (χ2n) is 5.32. The highest BCUT2D eigenvalue weighted by atomic mass is 16.3. The predicted molar refractivity (Wildman–Crippen MR) is 74.9 cm³/mol. The molecule has 1 heterocycles. The van der Waals surface area contributed by atoms with Crippen LogP contribution in [0.15, 0.2) is 12.3 Å². The Balaban J connectivity index is 2.38. The van der Waals surface area contributed by atoms with Gasteiger partial charge in [0, 0.05) is 31.1 Å². The lowest BCUT2D eigenvalue weighted by atomic mass is 9.75. The first-order chi connectivity index (χ1) is 9.47. The van der Waals surface area contributed by atoms with Crippen molar-refractivity contribution < 1.29 is 14.7 Å². The predicted octanol–water partition coefficient (Wildman–Crippen LogP) is 1.29. The average Bonchev–Trinajstić information content (AvgIpc) is 2.75. The quantitative estimate of drug-likeness (QED) is 0.841. The van der Waals surface area contributed by atoms with E-state index in [0.29, 0.717) is 12.8 Å². The molecule has 0 aromatic carbocycles. The first kappa shape index (κ1) is 14.7. The topological polar surface area (TPSA) is 72.2 Å². The van der Waals surface area contributed by atoms with Gasteiger partial charge >= 0.3 is 0 Å². The van der Waals surface area contributed by atoms with Gasteiger partial charge in [-0.2, -0.15) is 5.10 Å². The number of aryl methyl sites for hydroxylation is 2. The molecule has 0 bridgehead atoms. The van der Waals surface area contributed by atoms with E-state index in [9.17, 15) is 14.7 Å². The van der Waals surface area contributed by atoms with Gasteiger partial charge in [-0.3, -0.25) is 9.48 Å². The maximum Gasteiger partial charge on any atom is 0.139 e. The van der Waals surface area contributed by atoms with Gasteiger partial charge < -0.3 is 9.90 Å². The Morgan fingerprint density at radius 1 is 1.60 bits per heavy atom. The Hall–Kier alpha value is -1.75. The molecule has 5 heteroatoms. The molecule has 1 aromatic heterocycles. The summed E-state index contributed by atoms with van der Waals surface area (Å²) in [5.74, 6) is -1.23. The van der Waals surface area contributed by atoms with Crippen LogP contribution in [-0.4, -0.2) is 33.1 Å². The van der Waals surface area contributed by atoms with E-state index in [0.717, 1.165) is 23.1 Å². The molecule has 5 nitrogen and oxygen atoms in total. The average molecular weight is 276 g/mol. The lowest BCUT2D eigenvalue weighted by Crippen LogP contribution is -2.37. The molecule has 0 saturated heterocycles. The molecule has 1 aliphatic carbocycles. The van der Waals surface area contributed by atoms with Crippen LogP contribution in [0.5, 0.6) is 0 Å². The van der Waals surface area contributed by atoms with Gasteiger partial charge in [-0.05, 0) is 18.9 Å². The largest absolute Gasteiger partial charge is 0.392 e. The molecular weight excluding hydrogens is 256 g/mol. The van der Waals surface area contributed by atoms with E-state index in [1.165, 1.54) is 0 Å². The Kier molecular flexibility index (Phi) is 4.18. The molecule has 2 rings (SSSR count). The molecule has 1 aromatic rings. The number of allylic oxidation sites excluding steroid dienone is 1. The van der Waals surface area contributed by atoms with Crippen LogP contribution in [0.2, 0.25) is 0 Å². The van der Waals surface area contributed by atoms with Gasteiger partial charge in [-0.1, -0.05) is 13.0 Å². The summed E-state index contributed by atoms with van der Waals surface area (Å²) in [5, 5.41) is 14.5. The highest BCUT2D eigenvalue weighted by molar-refractivity contribution is 5.87. The van der Waals surface area contributed by atoms with Crippen LogP contribution in [0.1, 0.15) is 31.0 Å². The van der Waals surface area contributed by atoms with E-state index < -0.39 is 17.9 Å². The number of hydrogen-bond acceptors (Lipinski definition) is 4. The highest BCUT2D eigenvalue weighted by Crippen LogP contribution is 2.35. The van der Waals surface area contributed by atoms with Crippen molar-refractivity contribution in [2.45, 2.75) is 32.8 Å². The van der Waals surface area contributed by atoms with Crippen LogP contribution in [0.3, 0.4) is 0 Å². The molecule has 3 unspecified atom stereocenters. The molecule has 3 atom stereocenters. The Morgan fingerprint density at radius 3 is 2.80 bits per heavy atom. The number of carbonyl (C=O) groups is 2. The van der Waals surface area contributed by atoms with Gasteiger partial charge in [0.15, 0.2) is 0 Å². The number of carbonyl (C=O) groups excluding carboxylic acids is 2. The Labute approximate surface area is 118 Å². The minimum absolute atomic E-state index is 0.0622. The van der Waals surface area contributed by atoms with Crippen molar-refractivity contribution in [2.24, 2.45) is 18.9 Å². The first-order valence-corrected chi connectivity index (χ1v) is 6.85. The number of hydrogen-bond donors (Lipinski definition) is 1. The van der Waals surface area contributed by atoms with E-state index in [1.807, 2.05) is 26.2 Å². The second-order valence-corrected chi connectivity index (χ2v) is 5.32. The summed E-state index contributed by atoms with van der Waals surface area (Å²) in [6.45, 7) is 3.64. The molecule has 0 fully saturated rings. The monoisotopic (exact) mass is 276 g/mol. The number of aliphatic hydroxyl groups is 1. The van der Waals surface area contributed by atoms with Gasteiger partial charge in [0.05, 0.1) is 17.7 Å². The number of Topliss-reactive ketones (excluding diaryl/α,β-unsaturated/α-hetero) is 1. The van der Waals surface area contributed by atoms with Gasteiger partial charge in [-0.25, -0.2) is 0 Å². The fourth-order valence-corrected chi connectivity index (χ4v) is 2.92.